The number of rotatable bonds is 5. The van der Waals surface area contributed by atoms with E-state index in [0.29, 0.717) is 17.0 Å². The molecule has 1 heterocycles. The van der Waals surface area contributed by atoms with Crippen LogP contribution in [0.3, 0.4) is 0 Å². The number of hydrogen-bond donors (Lipinski definition) is 0. The molecule has 0 aliphatic carbocycles. The lowest BCUT2D eigenvalue weighted by Crippen LogP contribution is -2.09. The van der Waals surface area contributed by atoms with Gasteiger partial charge in [0.25, 0.3) is 0 Å². The second-order valence-electron chi connectivity index (χ2n) is 7.33. The normalized spacial score (nSPS) is 12.0. The van der Waals surface area contributed by atoms with Crippen molar-refractivity contribution in [3.8, 4) is 17.0 Å². The fourth-order valence-corrected chi connectivity index (χ4v) is 3.64. The van der Waals surface area contributed by atoms with Crippen molar-refractivity contribution in [1.82, 2.24) is 4.98 Å². The van der Waals surface area contributed by atoms with Gasteiger partial charge in [0.2, 0.25) is 0 Å². The summed E-state index contributed by atoms with van der Waals surface area (Å²) in [5.74, 6) is 0.248. The second kappa shape index (κ2) is 7.18. The Kier molecular flexibility index (Phi) is 5.69. The fourth-order valence-electron chi connectivity index (χ4n) is 2.17. The van der Waals surface area contributed by atoms with Crippen LogP contribution < -0.4 is 4.74 Å². The van der Waals surface area contributed by atoms with E-state index in [0.717, 1.165) is 22.6 Å². The van der Waals surface area contributed by atoms with Crippen LogP contribution in [0, 0.1) is 17.2 Å². The van der Waals surface area contributed by atoms with Gasteiger partial charge in [0.05, 0.1) is 12.3 Å². The molecule has 0 spiro atoms. The van der Waals surface area contributed by atoms with E-state index in [-0.39, 0.29) is 17.0 Å². The predicted molar refractivity (Wildman–Crippen MR) is 96.0 cm³/mol. The van der Waals surface area contributed by atoms with Crippen molar-refractivity contribution in [1.29, 1.82) is 0 Å². The Balaban J connectivity index is 2.37. The minimum Gasteiger partial charge on any atom is -0.490 e. The molecule has 5 heteroatoms. The van der Waals surface area contributed by atoms with Gasteiger partial charge in [-0.2, -0.15) is 0 Å². The SMILES string of the molecule is CC(C)COc1cc(-c2nc(Cl)sc2CC(C)(C)C)ccc1F. The van der Waals surface area contributed by atoms with Crippen molar-refractivity contribution in [2.24, 2.45) is 11.3 Å². The zero-order chi connectivity index (χ0) is 17.2. The van der Waals surface area contributed by atoms with E-state index in [1.165, 1.54) is 17.4 Å². The Morgan fingerprint density at radius 3 is 2.61 bits per heavy atom. The third-order valence-corrected chi connectivity index (χ3v) is 4.30. The molecule has 23 heavy (non-hydrogen) atoms. The molecule has 0 atom stereocenters. The van der Waals surface area contributed by atoms with Crippen molar-refractivity contribution in [2.75, 3.05) is 6.61 Å². The maximum atomic E-state index is 13.9. The highest BCUT2D eigenvalue weighted by atomic mass is 35.5. The number of halogens is 2. The maximum Gasteiger partial charge on any atom is 0.184 e. The molecule has 2 nitrogen and oxygen atoms in total. The molecule has 0 saturated carbocycles. The summed E-state index contributed by atoms with van der Waals surface area (Å²) in [6.45, 7) is 11.1. The van der Waals surface area contributed by atoms with Crippen LogP contribution in [0.15, 0.2) is 18.2 Å². The largest absolute Gasteiger partial charge is 0.490 e. The molecule has 0 N–H and O–H groups in total. The average Bonchev–Trinajstić information content (AvgIpc) is 2.76. The zero-order valence-corrected chi connectivity index (χ0v) is 15.8. The van der Waals surface area contributed by atoms with Gasteiger partial charge in [-0.05, 0) is 36.0 Å². The van der Waals surface area contributed by atoms with Gasteiger partial charge in [-0.3, -0.25) is 0 Å². The highest BCUT2D eigenvalue weighted by Crippen LogP contribution is 2.37. The molecule has 0 bridgehead atoms. The molecule has 2 aromatic rings. The number of aromatic nitrogens is 1. The average molecular weight is 356 g/mol. The summed E-state index contributed by atoms with van der Waals surface area (Å²) in [6, 6.07) is 4.88. The Labute approximate surface area is 146 Å². The third-order valence-electron chi connectivity index (χ3n) is 3.14. The Morgan fingerprint density at radius 1 is 1.30 bits per heavy atom. The molecule has 0 fully saturated rings. The standard InChI is InChI=1S/C18H23ClFNOS/c1-11(2)10-22-14-8-12(6-7-13(14)20)16-15(9-18(3,4)5)23-17(19)21-16/h6-8,11H,9-10H2,1-5H3. The summed E-state index contributed by atoms with van der Waals surface area (Å²) in [5, 5.41) is 0. The highest BCUT2D eigenvalue weighted by molar-refractivity contribution is 7.16. The first-order valence-electron chi connectivity index (χ1n) is 7.73. The van der Waals surface area contributed by atoms with E-state index in [2.05, 4.69) is 25.8 Å². The molecule has 126 valence electrons. The Bertz CT molecular complexity index is 676. The van der Waals surface area contributed by atoms with Crippen LogP contribution in [0.5, 0.6) is 5.75 Å². The van der Waals surface area contributed by atoms with Crippen LogP contribution in [0.25, 0.3) is 11.3 Å². The van der Waals surface area contributed by atoms with Crippen molar-refractivity contribution >= 4 is 22.9 Å². The van der Waals surface area contributed by atoms with Gasteiger partial charge in [0.15, 0.2) is 16.0 Å². The first-order chi connectivity index (χ1) is 10.7. The summed E-state index contributed by atoms with van der Waals surface area (Å²) in [4.78, 5) is 5.55. The second-order valence-corrected chi connectivity index (χ2v) is 8.99. The lowest BCUT2D eigenvalue weighted by Gasteiger charge is -2.17. The van der Waals surface area contributed by atoms with Crippen LogP contribution in [0.4, 0.5) is 4.39 Å². The van der Waals surface area contributed by atoms with Crippen LogP contribution >= 0.6 is 22.9 Å². The van der Waals surface area contributed by atoms with E-state index in [9.17, 15) is 4.39 Å². The van der Waals surface area contributed by atoms with Crippen LogP contribution in [0.1, 0.15) is 39.5 Å². The van der Waals surface area contributed by atoms with E-state index in [1.54, 1.807) is 12.1 Å². The monoisotopic (exact) mass is 355 g/mol. The summed E-state index contributed by atoms with van der Waals surface area (Å²) < 4.78 is 20.0. The molecular formula is C18H23ClFNOS. The van der Waals surface area contributed by atoms with E-state index in [1.807, 2.05) is 13.8 Å². The first kappa shape index (κ1) is 18.2. The fraction of sp³-hybridized carbons (Fsp3) is 0.500. The van der Waals surface area contributed by atoms with E-state index >= 15 is 0 Å². The molecule has 1 aromatic heterocycles. The van der Waals surface area contributed by atoms with Crippen molar-refractivity contribution in [3.63, 3.8) is 0 Å². The van der Waals surface area contributed by atoms with Crippen LogP contribution in [0.2, 0.25) is 4.47 Å². The molecule has 0 radical (unpaired) electrons. The molecule has 0 amide bonds. The Morgan fingerprint density at radius 2 is 2.00 bits per heavy atom. The van der Waals surface area contributed by atoms with Gasteiger partial charge in [0, 0.05) is 10.4 Å². The molecule has 1 aromatic carbocycles. The first-order valence-corrected chi connectivity index (χ1v) is 8.93. The van der Waals surface area contributed by atoms with Crippen molar-refractivity contribution in [2.45, 2.75) is 41.0 Å². The summed E-state index contributed by atoms with van der Waals surface area (Å²) >= 11 is 7.60. The highest BCUT2D eigenvalue weighted by Gasteiger charge is 2.20. The maximum absolute atomic E-state index is 13.9. The predicted octanol–water partition coefficient (Wildman–Crippen LogP) is 6.23. The number of hydrogen-bond acceptors (Lipinski definition) is 3. The number of thiazole rings is 1. The van der Waals surface area contributed by atoms with Gasteiger partial charge in [-0.15, -0.1) is 11.3 Å². The van der Waals surface area contributed by atoms with Gasteiger partial charge in [-0.25, -0.2) is 9.37 Å². The van der Waals surface area contributed by atoms with Gasteiger partial charge in [0.1, 0.15) is 0 Å². The molecule has 0 unspecified atom stereocenters. The van der Waals surface area contributed by atoms with Gasteiger partial charge < -0.3 is 4.74 Å². The molecule has 0 aliphatic rings. The third kappa shape index (κ3) is 5.18. The van der Waals surface area contributed by atoms with E-state index < -0.39 is 0 Å². The summed E-state index contributed by atoms with van der Waals surface area (Å²) in [5.41, 5.74) is 1.79. The number of benzene rings is 1. The molecule has 2 rings (SSSR count). The van der Waals surface area contributed by atoms with Crippen LogP contribution in [-0.2, 0) is 6.42 Å². The smallest absolute Gasteiger partial charge is 0.184 e. The van der Waals surface area contributed by atoms with E-state index in [4.69, 9.17) is 16.3 Å². The lowest BCUT2D eigenvalue weighted by molar-refractivity contribution is 0.259. The number of ether oxygens (including phenoxy) is 1. The van der Waals surface area contributed by atoms with Crippen LogP contribution in [-0.4, -0.2) is 11.6 Å². The van der Waals surface area contributed by atoms with Gasteiger partial charge in [-0.1, -0.05) is 46.2 Å². The molecule has 0 aliphatic heterocycles. The lowest BCUT2D eigenvalue weighted by atomic mass is 9.90. The van der Waals surface area contributed by atoms with Crippen molar-refractivity contribution in [3.05, 3.63) is 33.4 Å². The molecular weight excluding hydrogens is 333 g/mol. The van der Waals surface area contributed by atoms with Gasteiger partial charge >= 0.3 is 0 Å². The topological polar surface area (TPSA) is 22.1 Å². The minimum absolute atomic E-state index is 0.127. The zero-order valence-electron chi connectivity index (χ0n) is 14.2. The summed E-state index contributed by atoms with van der Waals surface area (Å²) in [6.07, 6.45) is 0.867. The molecule has 0 saturated heterocycles. The quantitative estimate of drug-likeness (QED) is 0.634. The number of nitrogens with zero attached hydrogens (tertiary/aromatic N) is 1. The minimum atomic E-state index is -0.354. The van der Waals surface area contributed by atoms with Crippen molar-refractivity contribution < 1.29 is 9.13 Å². The summed E-state index contributed by atoms with van der Waals surface area (Å²) in [7, 11) is 0. The Hall–Kier alpha value is -1.13.